The number of nitrogens with one attached hydrogen (secondary N) is 4. The number of nitrogens with zero attached hydrogens (tertiary/aromatic N) is 6. The summed E-state index contributed by atoms with van der Waals surface area (Å²) in [7, 11) is 2.56. The summed E-state index contributed by atoms with van der Waals surface area (Å²) in [6.45, 7) is 8.91. The number of carbonyl (C=O) groups excluding carboxylic acids is 4. The molecule has 0 saturated carbocycles. The zero-order valence-corrected chi connectivity index (χ0v) is 33.5. The number of alkyl carbamates (subject to hydrolysis) is 2. The maximum Gasteiger partial charge on any atom is 0.407 e. The van der Waals surface area contributed by atoms with Gasteiger partial charge in [-0.2, -0.15) is 0 Å². The summed E-state index contributed by atoms with van der Waals surface area (Å²) in [5, 5.41) is 14.1. The number of carbonyl (C=O) groups is 4. The van der Waals surface area contributed by atoms with E-state index in [0.717, 1.165) is 30.5 Å². The molecule has 0 radical (unpaired) electrons. The molecular formula is C40H50N10O8. The normalized spacial score (nSPS) is 19.1. The number of likely N-dealkylation sites (tertiary alicyclic amines) is 2. The van der Waals surface area contributed by atoms with Crippen LogP contribution in [0.25, 0.3) is 22.6 Å². The Kier molecular flexibility index (Phi) is 11.8. The summed E-state index contributed by atoms with van der Waals surface area (Å²) in [5.74, 6) is 2.23. The van der Waals surface area contributed by atoms with Crippen LogP contribution in [0.3, 0.4) is 0 Å². The van der Waals surface area contributed by atoms with Crippen LogP contribution >= 0.6 is 0 Å². The number of ether oxygens (including phenoxy) is 4. The molecule has 3 aromatic heterocycles. The van der Waals surface area contributed by atoms with Gasteiger partial charge in [-0.1, -0.05) is 40.5 Å². The number of imidazole rings is 2. The Hall–Kier alpha value is -6.20. The van der Waals surface area contributed by atoms with Crippen molar-refractivity contribution in [3.8, 4) is 45.8 Å². The van der Waals surface area contributed by atoms with Crippen LogP contribution in [0.2, 0.25) is 0 Å². The third-order valence-electron chi connectivity index (χ3n) is 11.5. The topological polar surface area (TPSA) is 219 Å². The maximum atomic E-state index is 13.7. The first-order chi connectivity index (χ1) is 28.0. The monoisotopic (exact) mass is 798 g/mol. The van der Waals surface area contributed by atoms with Crippen LogP contribution in [0, 0.1) is 11.8 Å². The summed E-state index contributed by atoms with van der Waals surface area (Å²) < 4.78 is 22.0. The van der Waals surface area contributed by atoms with Crippen molar-refractivity contribution in [1.82, 2.24) is 50.6 Å². The van der Waals surface area contributed by atoms with E-state index in [1.54, 1.807) is 34.3 Å². The van der Waals surface area contributed by atoms with Gasteiger partial charge in [-0.25, -0.2) is 19.6 Å². The molecule has 18 nitrogen and oxygen atoms in total. The molecule has 2 fully saturated rings. The molecule has 308 valence electrons. The predicted molar refractivity (Wildman–Crippen MR) is 209 cm³/mol. The molecule has 0 unspecified atom stereocenters. The van der Waals surface area contributed by atoms with Crippen LogP contribution in [-0.4, -0.2) is 103 Å². The van der Waals surface area contributed by atoms with E-state index >= 15 is 0 Å². The lowest BCUT2D eigenvalue weighted by atomic mass is 9.97. The fraction of sp³-hybridized carbons (Fsp3) is 0.500. The maximum absolute atomic E-state index is 13.7. The van der Waals surface area contributed by atoms with Crippen molar-refractivity contribution in [3.63, 3.8) is 0 Å². The Morgan fingerprint density at radius 2 is 1.31 bits per heavy atom. The second-order valence-corrected chi connectivity index (χ2v) is 15.0. The molecule has 1 aromatic carbocycles. The quantitative estimate of drug-likeness (QED) is 0.114. The van der Waals surface area contributed by atoms with Gasteiger partial charge in [0, 0.05) is 24.7 Å². The molecule has 4 N–H and O–H groups in total. The molecule has 58 heavy (non-hydrogen) atoms. The molecule has 3 aliphatic heterocycles. The summed E-state index contributed by atoms with van der Waals surface area (Å²) in [4.78, 5) is 71.2. The summed E-state index contributed by atoms with van der Waals surface area (Å²) in [6, 6.07) is 5.22. The highest BCUT2D eigenvalue weighted by Crippen LogP contribution is 2.46. The van der Waals surface area contributed by atoms with Crippen molar-refractivity contribution in [2.75, 3.05) is 27.3 Å². The second-order valence-electron chi connectivity index (χ2n) is 15.0. The van der Waals surface area contributed by atoms with Gasteiger partial charge in [0.1, 0.15) is 29.4 Å². The van der Waals surface area contributed by atoms with Crippen LogP contribution < -0.4 is 20.1 Å². The lowest BCUT2D eigenvalue weighted by Crippen LogP contribution is -2.51. The summed E-state index contributed by atoms with van der Waals surface area (Å²) in [6.07, 6.45) is 6.55. The first-order valence-electron chi connectivity index (χ1n) is 19.8. The standard InChI is InChI=1S/C40H50N10O8/c1-7-21(3)32(45-39(53)55-5)37(51)49-15-9-11-27(49)34-41-19-25(43-34)23-13-14-29-30(17-23)58-36-31(57-29)18-24(47-48-36)26-20-42-35(44-26)28-12-10-16-50(28)38(52)33(22(4)8-2)46-40(54)56-6/h13-14,17-22,27-28,32-33H,7-12,15-16H2,1-6H3,(H,41,43)(H,42,44)(H,45,53)(H,46,54)/t21-,22-,27-,28-,32-,33-/m0/s1. The first kappa shape index (κ1) is 40.0. The number of benzene rings is 1. The van der Waals surface area contributed by atoms with Crippen molar-refractivity contribution >= 4 is 24.0 Å². The predicted octanol–water partition coefficient (Wildman–Crippen LogP) is 6.02. The molecule has 6 heterocycles. The Morgan fingerprint density at radius 1 is 0.759 bits per heavy atom. The van der Waals surface area contributed by atoms with E-state index in [-0.39, 0.29) is 41.6 Å². The Morgan fingerprint density at radius 3 is 1.86 bits per heavy atom. The van der Waals surface area contributed by atoms with Crippen LogP contribution in [0.4, 0.5) is 9.59 Å². The van der Waals surface area contributed by atoms with Crippen molar-refractivity contribution in [3.05, 3.63) is 48.3 Å². The molecule has 3 aliphatic rings. The zero-order chi connectivity index (χ0) is 41.1. The molecule has 0 spiro atoms. The van der Waals surface area contributed by atoms with Gasteiger partial charge >= 0.3 is 12.2 Å². The molecule has 2 saturated heterocycles. The van der Waals surface area contributed by atoms with Gasteiger partial charge in [-0.05, 0) is 55.7 Å². The highest BCUT2D eigenvalue weighted by Gasteiger charge is 2.40. The lowest BCUT2D eigenvalue weighted by molar-refractivity contribution is -0.136. The lowest BCUT2D eigenvalue weighted by Gasteiger charge is -2.30. The highest BCUT2D eigenvalue weighted by molar-refractivity contribution is 5.87. The number of aromatic nitrogens is 6. The molecule has 6 atom stereocenters. The average Bonchev–Trinajstić information content (AvgIpc) is 4.09. The van der Waals surface area contributed by atoms with E-state index in [4.69, 9.17) is 18.9 Å². The highest BCUT2D eigenvalue weighted by atomic mass is 16.6. The number of hydrogen-bond acceptors (Lipinski definition) is 12. The third-order valence-corrected chi connectivity index (χ3v) is 11.5. The fourth-order valence-corrected chi connectivity index (χ4v) is 7.71. The minimum atomic E-state index is -0.723. The minimum absolute atomic E-state index is 0.0863. The number of amides is 4. The van der Waals surface area contributed by atoms with Gasteiger partial charge in [-0.15, -0.1) is 10.2 Å². The van der Waals surface area contributed by atoms with Crippen LogP contribution in [-0.2, 0) is 19.1 Å². The van der Waals surface area contributed by atoms with Crippen LogP contribution in [0.1, 0.15) is 90.0 Å². The van der Waals surface area contributed by atoms with Crippen molar-refractivity contribution in [2.45, 2.75) is 90.4 Å². The first-order valence-corrected chi connectivity index (χ1v) is 19.8. The molecular weight excluding hydrogens is 749 g/mol. The van der Waals surface area contributed by atoms with Crippen LogP contribution in [0.15, 0.2) is 36.7 Å². The SMILES string of the molecule is CC[C@H](C)[C@H](NC(=O)OC)C(=O)N1CCC[C@H]1c1ncc(-c2ccc3c(c2)Oc2nnc(-c4cnc([C@@H]5CCCN5C(=O)[C@@H](NC(=O)OC)[C@@H](C)CC)[nH]4)cc2O3)[nH]1. The molecule has 0 bridgehead atoms. The van der Waals surface area contributed by atoms with Gasteiger partial charge in [0.2, 0.25) is 11.8 Å². The van der Waals surface area contributed by atoms with E-state index in [9.17, 15) is 19.2 Å². The van der Waals surface area contributed by atoms with Gasteiger partial charge in [-0.3, -0.25) is 9.59 Å². The average molecular weight is 799 g/mol. The Bertz CT molecular complexity index is 2000. The fourth-order valence-electron chi connectivity index (χ4n) is 7.71. The van der Waals surface area contributed by atoms with Gasteiger partial charge < -0.3 is 49.3 Å². The number of hydrogen-bond donors (Lipinski definition) is 4. The second kappa shape index (κ2) is 17.1. The zero-order valence-electron chi connectivity index (χ0n) is 33.5. The van der Waals surface area contributed by atoms with Gasteiger partial charge in [0.05, 0.1) is 50.1 Å². The number of rotatable bonds is 12. The smallest absolute Gasteiger partial charge is 0.407 e. The van der Waals surface area contributed by atoms with E-state index in [1.165, 1.54) is 14.2 Å². The molecule has 18 heteroatoms. The summed E-state index contributed by atoms with van der Waals surface area (Å²) >= 11 is 0. The Labute approximate surface area is 335 Å². The molecule has 4 amide bonds. The number of aromatic amines is 2. The van der Waals surface area contributed by atoms with Crippen molar-refractivity contribution in [1.29, 1.82) is 0 Å². The van der Waals surface area contributed by atoms with Crippen LogP contribution in [0.5, 0.6) is 23.1 Å². The molecule has 7 rings (SSSR count). The summed E-state index contributed by atoms with van der Waals surface area (Å²) in [5.41, 5.74) is 2.58. The van der Waals surface area contributed by atoms with E-state index in [1.807, 2.05) is 39.8 Å². The Balaban J connectivity index is 1.03. The van der Waals surface area contributed by atoms with E-state index in [0.29, 0.717) is 72.6 Å². The molecule has 0 aliphatic carbocycles. The van der Waals surface area contributed by atoms with E-state index < -0.39 is 24.3 Å². The van der Waals surface area contributed by atoms with Gasteiger partial charge in [0.25, 0.3) is 5.88 Å². The number of methoxy groups -OCH3 is 2. The van der Waals surface area contributed by atoms with Crippen molar-refractivity contribution in [2.24, 2.45) is 11.8 Å². The molecule has 4 aromatic rings. The minimum Gasteiger partial charge on any atom is -0.453 e. The van der Waals surface area contributed by atoms with Gasteiger partial charge in [0.15, 0.2) is 17.2 Å². The largest absolute Gasteiger partial charge is 0.453 e. The number of fused-ring (bicyclic) bond motifs is 2. The van der Waals surface area contributed by atoms with Crippen molar-refractivity contribution < 1.29 is 38.1 Å². The van der Waals surface area contributed by atoms with E-state index in [2.05, 4.69) is 40.8 Å². The number of H-pyrrole nitrogens is 2. The third kappa shape index (κ3) is 7.99.